The summed E-state index contributed by atoms with van der Waals surface area (Å²) in [6, 6.07) is 7.68. The molecule has 0 saturated heterocycles. The molecule has 0 saturated carbocycles. The van der Waals surface area contributed by atoms with Crippen molar-refractivity contribution in [1.82, 2.24) is 14.3 Å². The molecule has 0 amide bonds. The van der Waals surface area contributed by atoms with Crippen molar-refractivity contribution in [3.8, 4) is 0 Å². The smallest absolute Gasteiger partial charge is 0.318 e. The van der Waals surface area contributed by atoms with Crippen LogP contribution in [0.3, 0.4) is 0 Å². The highest BCUT2D eigenvalue weighted by Crippen LogP contribution is 2.27. The first-order chi connectivity index (χ1) is 14.3. The van der Waals surface area contributed by atoms with Crippen LogP contribution in [0.2, 0.25) is 0 Å². The van der Waals surface area contributed by atoms with Crippen LogP contribution in [0.5, 0.6) is 0 Å². The lowest BCUT2D eigenvalue weighted by Gasteiger charge is -2.20. The Balaban J connectivity index is 0.00000256. The first-order valence-electron chi connectivity index (χ1n) is 8.51. The summed E-state index contributed by atoms with van der Waals surface area (Å²) < 4.78 is 30.5. The summed E-state index contributed by atoms with van der Waals surface area (Å²) >= 11 is 5.32. The van der Waals surface area contributed by atoms with E-state index in [0.717, 1.165) is 4.31 Å². The van der Waals surface area contributed by atoms with E-state index in [9.17, 15) is 18.3 Å². The molecule has 0 aliphatic rings. The van der Waals surface area contributed by atoms with Gasteiger partial charge < -0.3 is 16.2 Å². The Morgan fingerprint density at radius 2 is 1.94 bits per heavy atom. The second-order valence-corrected chi connectivity index (χ2v) is 8.30. The maximum absolute atomic E-state index is 13.2. The predicted octanol–water partition coefficient (Wildman–Crippen LogP) is 2.63. The van der Waals surface area contributed by atoms with E-state index in [2.05, 4.69) is 19.8 Å². The van der Waals surface area contributed by atoms with Crippen LogP contribution in [0.4, 0.5) is 5.69 Å². The third kappa shape index (κ3) is 6.40. The number of sulfonamides is 1. The lowest BCUT2D eigenvalue weighted by Crippen LogP contribution is -2.35. The highest BCUT2D eigenvalue weighted by Gasteiger charge is 2.27. The summed E-state index contributed by atoms with van der Waals surface area (Å²) in [6.45, 7) is -0.832. The van der Waals surface area contributed by atoms with Gasteiger partial charge in [-0.25, -0.2) is 8.42 Å². The topological polar surface area (TPSA) is 151 Å². The number of aliphatic carboxylic acids is 1. The second kappa shape index (κ2) is 11.8. The number of nitrogens with zero attached hydrogens (tertiary/aromatic N) is 4. The number of nitrogens with one attached hydrogen (secondary N) is 1. The first kappa shape index (κ1) is 27.3. The molecule has 14 heteroatoms. The quantitative estimate of drug-likeness (QED) is 0.317. The number of fused-ring (bicyclic) bond motifs is 1. The Hall–Kier alpha value is -2.70. The average molecular weight is 522 g/mol. The van der Waals surface area contributed by atoms with Crippen molar-refractivity contribution in [2.24, 2.45) is 10.2 Å². The van der Waals surface area contributed by atoms with Gasteiger partial charge in [0.2, 0.25) is 16.0 Å². The first-order valence-corrected chi connectivity index (χ1v) is 10.3. The molecule has 0 spiro atoms. The lowest BCUT2D eigenvalue weighted by molar-refractivity contribution is -0.137. The third-order valence-electron chi connectivity index (χ3n) is 4.12. The molecule has 2 aromatic heterocycles. The van der Waals surface area contributed by atoms with Gasteiger partial charge in [0.1, 0.15) is 6.54 Å². The molecule has 2 heterocycles. The van der Waals surface area contributed by atoms with Gasteiger partial charge in [-0.05, 0) is 23.8 Å². The van der Waals surface area contributed by atoms with Gasteiger partial charge >= 0.3 is 5.97 Å². The van der Waals surface area contributed by atoms with E-state index in [1.807, 2.05) is 0 Å². The Kier molecular flexibility index (Phi) is 10.1. The summed E-state index contributed by atoms with van der Waals surface area (Å²) in [5.41, 5.74) is 6.62. The Labute approximate surface area is 201 Å². The molecular weight excluding hydrogens is 503 g/mol. The SMILES string of the molecule is Cl.Cl.NC(=NCl)Nc1cncc2cc(S(=O)(=O)N(CC(=O)O)Cc3cccnc3)ccc12. The zero-order chi connectivity index (χ0) is 21.7. The van der Waals surface area contributed by atoms with Gasteiger partial charge in [-0.1, -0.05) is 12.1 Å². The number of aromatic nitrogens is 2. The predicted molar refractivity (Wildman–Crippen MR) is 127 cm³/mol. The number of nitrogens with two attached hydrogens (primary N) is 1. The van der Waals surface area contributed by atoms with Gasteiger partial charge in [0.25, 0.3) is 0 Å². The minimum absolute atomic E-state index is 0. The van der Waals surface area contributed by atoms with Crippen molar-refractivity contribution in [1.29, 1.82) is 0 Å². The summed E-state index contributed by atoms with van der Waals surface area (Å²) in [5, 5.41) is 13.1. The zero-order valence-corrected chi connectivity index (χ0v) is 19.5. The largest absolute Gasteiger partial charge is 0.480 e. The van der Waals surface area contributed by atoms with E-state index >= 15 is 0 Å². The highest BCUT2D eigenvalue weighted by atomic mass is 35.5. The van der Waals surface area contributed by atoms with Crippen LogP contribution < -0.4 is 11.1 Å². The number of hydrogen-bond donors (Lipinski definition) is 3. The van der Waals surface area contributed by atoms with Gasteiger partial charge in [-0.3, -0.25) is 14.8 Å². The lowest BCUT2D eigenvalue weighted by atomic mass is 10.1. The molecule has 0 unspecified atom stereocenters. The fourth-order valence-electron chi connectivity index (χ4n) is 2.79. The van der Waals surface area contributed by atoms with Crippen molar-refractivity contribution in [2.75, 3.05) is 11.9 Å². The van der Waals surface area contributed by atoms with Crippen LogP contribution in [0, 0.1) is 0 Å². The molecule has 0 radical (unpaired) electrons. The molecule has 0 bridgehead atoms. The van der Waals surface area contributed by atoms with E-state index in [-0.39, 0.29) is 42.2 Å². The number of halogens is 3. The number of anilines is 1. The summed E-state index contributed by atoms with van der Waals surface area (Å²) in [4.78, 5) is 19.2. The van der Waals surface area contributed by atoms with E-state index in [1.165, 1.54) is 30.7 Å². The number of carbonyl (C=O) groups is 1. The number of rotatable bonds is 7. The van der Waals surface area contributed by atoms with E-state index in [4.69, 9.17) is 17.5 Å². The van der Waals surface area contributed by atoms with Crippen molar-refractivity contribution in [3.05, 3.63) is 60.7 Å². The van der Waals surface area contributed by atoms with Gasteiger partial charge in [0.15, 0.2) is 0 Å². The van der Waals surface area contributed by atoms with Crippen molar-refractivity contribution in [3.63, 3.8) is 0 Å². The minimum Gasteiger partial charge on any atom is -0.480 e. The number of carboxylic acid groups (broad SMARTS) is 1. The van der Waals surface area contributed by atoms with Crippen molar-refractivity contribution < 1.29 is 18.3 Å². The van der Waals surface area contributed by atoms with Crippen LogP contribution >= 0.6 is 36.6 Å². The van der Waals surface area contributed by atoms with Gasteiger partial charge in [0, 0.05) is 47.7 Å². The molecule has 1 aromatic carbocycles. The molecule has 10 nitrogen and oxygen atoms in total. The van der Waals surface area contributed by atoms with Crippen molar-refractivity contribution >= 4 is 75.0 Å². The third-order valence-corrected chi connectivity index (χ3v) is 6.09. The van der Waals surface area contributed by atoms with Crippen LogP contribution in [-0.4, -0.2) is 46.3 Å². The van der Waals surface area contributed by atoms with E-state index in [1.54, 1.807) is 24.4 Å². The number of carboxylic acids is 1. The fourth-order valence-corrected chi connectivity index (χ4v) is 4.25. The Morgan fingerprint density at radius 3 is 2.56 bits per heavy atom. The molecular formula is C18H19Cl3N6O4S. The summed E-state index contributed by atoms with van der Waals surface area (Å²) in [5.74, 6) is -1.32. The molecule has 32 heavy (non-hydrogen) atoms. The fraction of sp³-hybridized carbons (Fsp3) is 0.111. The van der Waals surface area contributed by atoms with Crippen LogP contribution in [-0.2, 0) is 21.4 Å². The molecule has 172 valence electrons. The molecule has 3 rings (SSSR count). The number of guanidine groups is 1. The number of pyridine rings is 2. The molecule has 4 N–H and O–H groups in total. The van der Waals surface area contributed by atoms with E-state index in [0.29, 0.717) is 22.0 Å². The summed E-state index contributed by atoms with van der Waals surface area (Å²) in [7, 11) is -4.12. The monoisotopic (exact) mass is 520 g/mol. The molecule has 0 atom stereocenters. The van der Waals surface area contributed by atoms with Crippen molar-refractivity contribution in [2.45, 2.75) is 11.4 Å². The standard InChI is InChI=1S/C18H17ClN6O4S.2ClH/c19-24-18(20)23-16-9-22-8-13-6-14(3-4-15(13)16)30(28,29)25(11-17(26)27)10-12-2-1-5-21-7-12;;/h1-9H,10-11H2,(H,26,27)(H3,20,23,24);2*1H. The Bertz CT molecular complexity index is 1210. The molecule has 0 aliphatic heterocycles. The Morgan fingerprint density at radius 1 is 1.19 bits per heavy atom. The summed E-state index contributed by atoms with van der Waals surface area (Å²) in [6.07, 6.45) is 6.00. The number of benzene rings is 1. The van der Waals surface area contributed by atoms with Gasteiger partial charge in [-0.15, -0.1) is 29.3 Å². The average Bonchev–Trinajstić information content (AvgIpc) is 2.73. The minimum atomic E-state index is -4.12. The maximum atomic E-state index is 13.2. The zero-order valence-electron chi connectivity index (χ0n) is 16.3. The van der Waals surface area contributed by atoms with Gasteiger partial charge in [0.05, 0.1) is 16.8 Å². The second-order valence-electron chi connectivity index (χ2n) is 6.19. The molecule has 3 aromatic rings. The van der Waals surface area contributed by atoms with Crippen LogP contribution in [0.25, 0.3) is 10.8 Å². The molecule has 0 fully saturated rings. The van der Waals surface area contributed by atoms with Crippen LogP contribution in [0.1, 0.15) is 5.56 Å². The van der Waals surface area contributed by atoms with E-state index < -0.39 is 22.5 Å². The highest BCUT2D eigenvalue weighted by molar-refractivity contribution is 7.89. The maximum Gasteiger partial charge on any atom is 0.318 e. The molecule has 0 aliphatic carbocycles. The van der Waals surface area contributed by atoms with Crippen LogP contribution in [0.15, 0.2) is 64.5 Å². The van der Waals surface area contributed by atoms with Gasteiger partial charge in [-0.2, -0.15) is 4.31 Å². The normalized spacial score (nSPS) is 11.5. The number of hydrogen-bond acceptors (Lipinski definition) is 6.